The van der Waals surface area contributed by atoms with E-state index < -0.39 is 35.0 Å². The predicted octanol–water partition coefficient (Wildman–Crippen LogP) is 1.09. The van der Waals surface area contributed by atoms with Gasteiger partial charge in [-0.2, -0.15) is 0 Å². The van der Waals surface area contributed by atoms with Crippen molar-refractivity contribution in [2.75, 3.05) is 0 Å². The molecule has 4 rings (SSSR count). The number of oxazole rings is 2. The van der Waals surface area contributed by atoms with Gasteiger partial charge in [0, 0.05) is 0 Å². The molecule has 0 saturated heterocycles. The number of nitrogens with two attached hydrogens (primary N) is 2. The number of aromatic nitrogens is 2. The van der Waals surface area contributed by atoms with Gasteiger partial charge in [0.1, 0.15) is 13.1 Å². The molecule has 0 radical (unpaired) electrons. The topological polar surface area (TPSA) is 156 Å². The van der Waals surface area contributed by atoms with Crippen LogP contribution < -0.4 is 23.0 Å². The number of primary amides is 2. The maximum atomic E-state index is 13.4. The van der Waals surface area contributed by atoms with Crippen LogP contribution in [0.2, 0.25) is 5.02 Å². The van der Waals surface area contributed by atoms with E-state index in [4.69, 9.17) is 23.1 Å². The summed E-state index contributed by atoms with van der Waals surface area (Å²) in [4.78, 5) is 44.0. The van der Waals surface area contributed by atoms with E-state index in [1.54, 1.807) is 0 Å². The van der Waals surface area contributed by atoms with E-state index in [2.05, 4.69) is 8.83 Å². The SMILES string of the molecule is NC(=O)Cn1c(=O)oc2c(F)c(Cl)ccc21.NC(=O)Cn1c(=O)oc2c(F)cccc21. The first-order chi connectivity index (χ1) is 14.6. The average molecular weight is 455 g/mol. The van der Waals surface area contributed by atoms with Crippen LogP contribution in [0.25, 0.3) is 22.2 Å². The lowest BCUT2D eigenvalue weighted by atomic mass is 10.3. The number of amides is 2. The fourth-order valence-electron chi connectivity index (χ4n) is 2.74. The Morgan fingerprint density at radius 1 is 0.871 bits per heavy atom. The number of benzene rings is 2. The highest BCUT2D eigenvalue weighted by Crippen LogP contribution is 2.23. The smallest absolute Gasteiger partial charge is 0.405 e. The molecule has 2 aromatic heterocycles. The number of carbonyl (C=O) groups excluding carboxylic acids is 2. The van der Waals surface area contributed by atoms with Crippen molar-refractivity contribution in [3.05, 3.63) is 68.1 Å². The number of para-hydroxylation sites is 1. The van der Waals surface area contributed by atoms with E-state index in [1.165, 1.54) is 30.3 Å². The second kappa shape index (κ2) is 8.44. The van der Waals surface area contributed by atoms with E-state index in [0.717, 1.165) is 9.13 Å². The first kappa shape index (κ1) is 21.8. The molecule has 162 valence electrons. The fraction of sp³-hybridized carbons (Fsp3) is 0.111. The van der Waals surface area contributed by atoms with Crippen molar-refractivity contribution >= 4 is 45.6 Å². The molecule has 13 heteroatoms. The normalized spacial score (nSPS) is 10.8. The van der Waals surface area contributed by atoms with Crippen molar-refractivity contribution in [3.8, 4) is 0 Å². The van der Waals surface area contributed by atoms with Gasteiger partial charge >= 0.3 is 11.5 Å². The molecule has 4 N–H and O–H groups in total. The summed E-state index contributed by atoms with van der Waals surface area (Å²) in [7, 11) is 0. The predicted molar refractivity (Wildman–Crippen MR) is 104 cm³/mol. The van der Waals surface area contributed by atoms with E-state index in [9.17, 15) is 28.0 Å². The van der Waals surface area contributed by atoms with Crippen molar-refractivity contribution in [1.82, 2.24) is 9.13 Å². The molecular weight excluding hydrogens is 442 g/mol. The molecule has 0 unspecified atom stereocenters. The molecule has 31 heavy (non-hydrogen) atoms. The van der Waals surface area contributed by atoms with Crippen LogP contribution in [-0.2, 0) is 22.7 Å². The molecule has 0 fully saturated rings. The molecule has 2 amide bonds. The minimum atomic E-state index is -0.852. The number of hydrogen-bond acceptors (Lipinski definition) is 6. The lowest BCUT2D eigenvalue weighted by molar-refractivity contribution is -0.119. The van der Waals surface area contributed by atoms with Gasteiger partial charge in [-0.05, 0) is 24.3 Å². The van der Waals surface area contributed by atoms with Gasteiger partial charge in [0.05, 0.1) is 16.1 Å². The number of fused-ring (bicyclic) bond motifs is 2. The zero-order valence-corrected chi connectivity index (χ0v) is 16.2. The van der Waals surface area contributed by atoms with Crippen LogP contribution in [0.1, 0.15) is 0 Å². The Kier molecular flexibility index (Phi) is 5.92. The maximum absolute atomic E-state index is 13.4. The first-order valence-electron chi connectivity index (χ1n) is 8.42. The molecule has 0 spiro atoms. The van der Waals surface area contributed by atoms with Crippen LogP contribution >= 0.6 is 11.6 Å². The van der Waals surface area contributed by atoms with Crippen LogP contribution in [0.4, 0.5) is 8.78 Å². The van der Waals surface area contributed by atoms with Gasteiger partial charge < -0.3 is 20.3 Å². The molecule has 2 aromatic carbocycles. The molecule has 0 aliphatic carbocycles. The number of hydrogen-bond donors (Lipinski definition) is 2. The Bertz CT molecular complexity index is 1430. The van der Waals surface area contributed by atoms with Gasteiger partial charge in [0.15, 0.2) is 22.8 Å². The lowest BCUT2D eigenvalue weighted by Crippen LogP contribution is -2.24. The highest BCUT2D eigenvalue weighted by Gasteiger charge is 2.16. The molecule has 2 heterocycles. The highest BCUT2D eigenvalue weighted by molar-refractivity contribution is 6.31. The minimum absolute atomic E-state index is 0.144. The number of rotatable bonds is 4. The standard InChI is InChI=1S/C9H6ClFN2O3.C9H7FN2O3/c10-4-1-2-5-8(7(4)11)16-9(15)13(5)3-6(12)14;10-5-2-1-3-6-8(5)15-9(14)12(6)4-7(11)13/h1-2H,3H2,(H2,12,14);1-3H,4H2,(H2,11,13). The van der Waals surface area contributed by atoms with Crippen molar-refractivity contribution in [2.45, 2.75) is 13.1 Å². The largest absolute Gasteiger partial charge is 0.420 e. The lowest BCUT2D eigenvalue weighted by Gasteiger charge is -1.98. The second-order valence-electron chi connectivity index (χ2n) is 6.14. The van der Waals surface area contributed by atoms with E-state index in [1.807, 2.05) is 0 Å². The highest BCUT2D eigenvalue weighted by atomic mass is 35.5. The second-order valence-corrected chi connectivity index (χ2v) is 6.55. The van der Waals surface area contributed by atoms with Crippen molar-refractivity contribution in [1.29, 1.82) is 0 Å². The van der Waals surface area contributed by atoms with Crippen molar-refractivity contribution < 1.29 is 27.2 Å². The number of halogens is 3. The summed E-state index contributed by atoms with van der Waals surface area (Å²) in [5.41, 5.74) is 9.82. The van der Waals surface area contributed by atoms with E-state index in [0.29, 0.717) is 0 Å². The summed E-state index contributed by atoms with van der Waals surface area (Å²) in [6.07, 6.45) is 0. The Morgan fingerprint density at radius 2 is 1.39 bits per heavy atom. The zero-order valence-electron chi connectivity index (χ0n) is 15.4. The quantitative estimate of drug-likeness (QED) is 0.470. The molecule has 0 aliphatic rings. The summed E-state index contributed by atoms with van der Waals surface area (Å²) in [6, 6.07) is 6.72. The molecule has 0 aliphatic heterocycles. The third-order valence-corrected chi connectivity index (χ3v) is 4.30. The van der Waals surface area contributed by atoms with Crippen LogP contribution in [0.15, 0.2) is 48.8 Å². The number of nitrogens with zero attached hydrogens (tertiary/aromatic N) is 2. The van der Waals surface area contributed by atoms with Crippen LogP contribution in [0, 0.1) is 11.6 Å². The number of carbonyl (C=O) groups is 2. The summed E-state index contributed by atoms with van der Waals surface area (Å²) in [5.74, 6) is -4.54. The average Bonchev–Trinajstić information content (AvgIpc) is 3.17. The molecule has 0 saturated carbocycles. The maximum Gasteiger partial charge on any atom is 0.420 e. The van der Waals surface area contributed by atoms with Crippen LogP contribution in [0.5, 0.6) is 0 Å². The van der Waals surface area contributed by atoms with Gasteiger partial charge in [0.2, 0.25) is 11.8 Å². The van der Waals surface area contributed by atoms with E-state index in [-0.39, 0.29) is 40.3 Å². The minimum Gasteiger partial charge on any atom is -0.405 e. The summed E-state index contributed by atoms with van der Waals surface area (Å²) < 4.78 is 37.8. The zero-order chi connectivity index (χ0) is 22.9. The Morgan fingerprint density at radius 3 is 1.94 bits per heavy atom. The van der Waals surface area contributed by atoms with Gasteiger partial charge in [-0.15, -0.1) is 0 Å². The fourth-order valence-corrected chi connectivity index (χ4v) is 2.88. The molecular formula is C18H13ClF2N4O6. The van der Waals surface area contributed by atoms with Gasteiger partial charge in [-0.25, -0.2) is 18.4 Å². The Labute approximate surface area is 175 Å². The van der Waals surface area contributed by atoms with Crippen LogP contribution in [-0.4, -0.2) is 20.9 Å². The van der Waals surface area contributed by atoms with Crippen molar-refractivity contribution in [3.63, 3.8) is 0 Å². The third kappa shape index (κ3) is 4.33. The third-order valence-electron chi connectivity index (χ3n) is 4.00. The summed E-state index contributed by atoms with van der Waals surface area (Å²) in [6.45, 7) is -0.692. The Hall–Kier alpha value is -3.93. The molecule has 10 nitrogen and oxygen atoms in total. The van der Waals surface area contributed by atoms with Gasteiger partial charge in [-0.1, -0.05) is 17.7 Å². The van der Waals surface area contributed by atoms with Gasteiger partial charge in [-0.3, -0.25) is 18.7 Å². The van der Waals surface area contributed by atoms with Crippen molar-refractivity contribution in [2.24, 2.45) is 11.5 Å². The van der Waals surface area contributed by atoms with Gasteiger partial charge in [0.25, 0.3) is 0 Å². The summed E-state index contributed by atoms with van der Waals surface area (Å²) >= 11 is 5.52. The molecule has 0 atom stereocenters. The van der Waals surface area contributed by atoms with E-state index >= 15 is 0 Å². The Balaban J connectivity index is 0.000000176. The molecule has 4 aromatic rings. The summed E-state index contributed by atoms with van der Waals surface area (Å²) in [5, 5.41) is -0.160. The first-order valence-corrected chi connectivity index (χ1v) is 8.79. The van der Waals surface area contributed by atoms with Crippen LogP contribution in [0.3, 0.4) is 0 Å². The molecule has 0 bridgehead atoms. The monoisotopic (exact) mass is 454 g/mol.